The maximum absolute atomic E-state index is 12.3. The van der Waals surface area contributed by atoms with Gasteiger partial charge in [-0.1, -0.05) is 5.16 Å². The van der Waals surface area contributed by atoms with Gasteiger partial charge in [0.1, 0.15) is 11.3 Å². The summed E-state index contributed by atoms with van der Waals surface area (Å²) in [6.45, 7) is 4.14. The standard InChI is InChI=1S/C16H16N4O4/c1-8-14(9(2)24-18-8)11-5-12-15(13(6-11)20(22)23)17-16(21)19(12)7-10-3-4-10/h5-6,10H,3-4,7H2,1-2H3,(H,17,21). The molecule has 0 saturated heterocycles. The summed E-state index contributed by atoms with van der Waals surface area (Å²) < 4.78 is 6.77. The van der Waals surface area contributed by atoms with Crippen molar-refractivity contribution in [1.29, 1.82) is 0 Å². The van der Waals surface area contributed by atoms with Gasteiger partial charge in [0.15, 0.2) is 0 Å². The first-order valence-electron chi connectivity index (χ1n) is 7.80. The number of H-pyrrole nitrogens is 1. The number of nitrogens with zero attached hydrogens (tertiary/aromatic N) is 3. The van der Waals surface area contributed by atoms with E-state index in [1.807, 2.05) is 0 Å². The number of nitro benzene ring substituents is 1. The van der Waals surface area contributed by atoms with Gasteiger partial charge in [-0.15, -0.1) is 0 Å². The number of benzene rings is 1. The first kappa shape index (κ1) is 14.7. The van der Waals surface area contributed by atoms with Crippen LogP contribution in [0.2, 0.25) is 0 Å². The Balaban J connectivity index is 2.02. The molecule has 1 aliphatic carbocycles. The Hall–Kier alpha value is -2.90. The number of aromatic nitrogens is 3. The maximum atomic E-state index is 12.3. The number of nitro groups is 1. The molecule has 8 nitrogen and oxygen atoms in total. The van der Waals surface area contributed by atoms with Gasteiger partial charge < -0.3 is 4.52 Å². The molecule has 0 bridgehead atoms. The Bertz CT molecular complexity index is 1000. The summed E-state index contributed by atoms with van der Waals surface area (Å²) >= 11 is 0. The molecule has 1 fully saturated rings. The SMILES string of the molecule is Cc1noc(C)c1-c1cc([N+](=O)[O-])c2[nH]c(=O)n(CC3CC3)c2c1. The molecule has 0 aliphatic heterocycles. The molecule has 4 rings (SSSR count). The zero-order valence-corrected chi connectivity index (χ0v) is 13.3. The van der Waals surface area contributed by atoms with E-state index >= 15 is 0 Å². The lowest BCUT2D eigenvalue weighted by Crippen LogP contribution is -2.17. The van der Waals surface area contributed by atoms with Crippen molar-refractivity contribution in [2.24, 2.45) is 5.92 Å². The second kappa shape index (κ2) is 5.05. The van der Waals surface area contributed by atoms with E-state index in [4.69, 9.17) is 4.52 Å². The second-order valence-electron chi connectivity index (χ2n) is 6.33. The maximum Gasteiger partial charge on any atom is 0.326 e. The molecule has 3 aromatic rings. The number of hydrogen-bond donors (Lipinski definition) is 1. The number of fused-ring (bicyclic) bond motifs is 1. The van der Waals surface area contributed by atoms with E-state index in [0.717, 1.165) is 18.4 Å². The van der Waals surface area contributed by atoms with Crippen LogP contribution in [0.3, 0.4) is 0 Å². The van der Waals surface area contributed by atoms with Gasteiger partial charge in [0, 0.05) is 18.2 Å². The van der Waals surface area contributed by atoms with Crippen LogP contribution in [0.15, 0.2) is 21.5 Å². The van der Waals surface area contributed by atoms with Crippen molar-refractivity contribution in [3.8, 4) is 11.1 Å². The summed E-state index contributed by atoms with van der Waals surface area (Å²) in [7, 11) is 0. The number of imidazole rings is 1. The fraction of sp³-hybridized carbons (Fsp3) is 0.375. The quantitative estimate of drug-likeness (QED) is 0.585. The molecule has 1 N–H and O–H groups in total. The Labute approximate surface area is 136 Å². The van der Waals surface area contributed by atoms with E-state index in [-0.39, 0.29) is 16.9 Å². The van der Waals surface area contributed by atoms with Crippen molar-refractivity contribution in [3.63, 3.8) is 0 Å². The van der Waals surface area contributed by atoms with Gasteiger partial charge in [0.25, 0.3) is 5.69 Å². The Kier molecular flexibility index (Phi) is 3.09. The molecule has 0 atom stereocenters. The van der Waals surface area contributed by atoms with Crippen LogP contribution in [-0.4, -0.2) is 19.6 Å². The highest BCUT2D eigenvalue weighted by Crippen LogP contribution is 2.36. The lowest BCUT2D eigenvalue weighted by Gasteiger charge is -2.05. The fourth-order valence-corrected chi connectivity index (χ4v) is 3.16. The summed E-state index contributed by atoms with van der Waals surface area (Å²) in [4.78, 5) is 25.9. The minimum Gasteiger partial charge on any atom is -0.361 e. The van der Waals surface area contributed by atoms with Gasteiger partial charge in [-0.05, 0) is 44.2 Å². The number of nitrogens with one attached hydrogen (secondary N) is 1. The monoisotopic (exact) mass is 328 g/mol. The van der Waals surface area contributed by atoms with Gasteiger partial charge in [-0.3, -0.25) is 19.7 Å². The summed E-state index contributed by atoms with van der Waals surface area (Å²) in [6, 6.07) is 3.27. The largest absolute Gasteiger partial charge is 0.361 e. The van der Waals surface area contributed by atoms with Crippen molar-refractivity contribution in [2.45, 2.75) is 33.2 Å². The normalized spacial score (nSPS) is 14.4. The molecule has 2 heterocycles. The number of hydrogen-bond acceptors (Lipinski definition) is 5. The highest BCUT2D eigenvalue weighted by Gasteiger charge is 2.27. The van der Waals surface area contributed by atoms with E-state index in [1.54, 1.807) is 24.5 Å². The molecule has 8 heteroatoms. The highest BCUT2D eigenvalue weighted by atomic mass is 16.6. The zero-order chi connectivity index (χ0) is 17.0. The van der Waals surface area contributed by atoms with Crippen molar-refractivity contribution in [3.05, 3.63) is 44.2 Å². The van der Waals surface area contributed by atoms with Gasteiger partial charge in [-0.2, -0.15) is 0 Å². The summed E-state index contributed by atoms with van der Waals surface area (Å²) in [5.41, 5.74) is 2.41. The number of non-ortho nitro benzene ring substituents is 1. The first-order chi connectivity index (χ1) is 11.5. The molecule has 2 aromatic heterocycles. The molecule has 0 amide bonds. The fourth-order valence-electron chi connectivity index (χ4n) is 3.16. The van der Waals surface area contributed by atoms with Crippen molar-refractivity contribution < 1.29 is 9.45 Å². The third kappa shape index (κ3) is 2.22. The summed E-state index contributed by atoms with van der Waals surface area (Å²) in [5, 5.41) is 15.4. The Morgan fingerprint density at radius 3 is 2.75 bits per heavy atom. The minimum absolute atomic E-state index is 0.117. The van der Waals surface area contributed by atoms with E-state index in [0.29, 0.717) is 35.0 Å². The molecular weight excluding hydrogens is 312 g/mol. The van der Waals surface area contributed by atoms with Crippen LogP contribution in [0.4, 0.5) is 5.69 Å². The summed E-state index contributed by atoms with van der Waals surface area (Å²) in [5.74, 6) is 1.07. The number of aromatic amines is 1. The molecule has 1 saturated carbocycles. The van der Waals surface area contributed by atoms with Crippen LogP contribution in [-0.2, 0) is 6.54 Å². The van der Waals surface area contributed by atoms with Crippen LogP contribution < -0.4 is 5.69 Å². The van der Waals surface area contributed by atoms with Crippen LogP contribution in [0.25, 0.3) is 22.2 Å². The molecule has 0 unspecified atom stereocenters. The third-order valence-corrected chi connectivity index (χ3v) is 4.52. The van der Waals surface area contributed by atoms with Gasteiger partial charge in [0.05, 0.1) is 16.1 Å². The summed E-state index contributed by atoms with van der Waals surface area (Å²) in [6.07, 6.45) is 2.18. The molecule has 1 aromatic carbocycles. The molecule has 1 aliphatic rings. The number of rotatable bonds is 4. The molecule has 0 radical (unpaired) electrons. The van der Waals surface area contributed by atoms with Crippen LogP contribution >= 0.6 is 0 Å². The highest BCUT2D eigenvalue weighted by molar-refractivity contribution is 5.90. The zero-order valence-electron chi connectivity index (χ0n) is 13.3. The van der Waals surface area contributed by atoms with Crippen LogP contribution in [0.1, 0.15) is 24.3 Å². The van der Waals surface area contributed by atoms with E-state index in [1.165, 1.54) is 6.07 Å². The Morgan fingerprint density at radius 1 is 1.42 bits per heavy atom. The third-order valence-electron chi connectivity index (χ3n) is 4.52. The first-order valence-corrected chi connectivity index (χ1v) is 7.80. The van der Waals surface area contributed by atoms with Crippen LogP contribution in [0.5, 0.6) is 0 Å². The predicted molar refractivity (Wildman–Crippen MR) is 86.9 cm³/mol. The average Bonchev–Trinajstić information content (AvgIpc) is 3.22. The van der Waals surface area contributed by atoms with Crippen molar-refractivity contribution in [1.82, 2.24) is 14.7 Å². The molecule has 0 spiro atoms. The predicted octanol–water partition coefficient (Wildman–Crippen LogP) is 2.92. The lowest BCUT2D eigenvalue weighted by atomic mass is 10.0. The Morgan fingerprint density at radius 2 is 2.17 bits per heavy atom. The topological polar surface area (TPSA) is 107 Å². The van der Waals surface area contributed by atoms with Gasteiger partial charge in [-0.25, -0.2) is 4.79 Å². The molecule has 124 valence electrons. The van der Waals surface area contributed by atoms with Gasteiger partial charge in [0.2, 0.25) is 0 Å². The van der Waals surface area contributed by atoms with Crippen molar-refractivity contribution >= 4 is 16.7 Å². The van der Waals surface area contributed by atoms with Crippen LogP contribution in [0, 0.1) is 29.9 Å². The average molecular weight is 328 g/mol. The second-order valence-corrected chi connectivity index (χ2v) is 6.33. The lowest BCUT2D eigenvalue weighted by molar-refractivity contribution is -0.383. The van der Waals surface area contributed by atoms with Gasteiger partial charge >= 0.3 is 5.69 Å². The molecule has 24 heavy (non-hydrogen) atoms. The van der Waals surface area contributed by atoms with E-state index in [9.17, 15) is 14.9 Å². The molecular formula is C16H16N4O4. The van der Waals surface area contributed by atoms with E-state index in [2.05, 4.69) is 10.1 Å². The number of aryl methyl sites for hydroxylation is 2. The van der Waals surface area contributed by atoms with E-state index < -0.39 is 4.92 Å². The minimum atomic E-state index is -0.471. The van der Waals surface area contributed by atoms with Crippen molar-refractivity contribution in [2.75, 3.05) is 0 Å². The smallest absolute Gasteiger partial charge is 0.326 e.